The van der Waals surface area contributed by atoms with Gasteiger partial charge in [-0.25, -0.2) is 0 Å². The molecule has 0 saturated heterocycles. The molecule has 84 valence electrons. The highest BCUT2D eigenvalue weighted by Crippen LogP contribution is 2.23. The van der Waals surface area contributed by atoms with Crippen LogP contribution in [0, 0.1) is 11.8 Å². The second-order valence-corrected chi connectivity index (χ2v) is 4.23. The van der Waals surface area contributed by atoms with Crippen LogP contribution in [0.3, 0.4) is 0 Å². The van der Waals surface area contributed by atoms with E-state index in [4.69, 9.17) is 9.47 Å². The number of ether oxygens (including phenoxy) is 2. The summed E-state index contributed by atoms with van der Waals surface area (Å²) in [5, 5.41) is 0. The molecule has 0 spiro atoms. The molecule has 0 aliphatic rings. The first-order valence-electron chi connectivity index (χ1n) is 5.24. The average molecular weight is 200 g/mol. The van der Waals surface area contributed by atoms with Gasteiger partial charge in [-0.15, -0.1) is 0 Å². The molecule has 2 nitrogen and oxygen atoms in total. The van der Waals surface area contributed by atoms with Crippen LogP contribution in [0.25, 0.3) is 0 Å². The SMILES string of the molecule is COCC(COC)=C(C(C)C)C(C)C. The lowest BCUT2D eigenvalue weighted by Crippen LogP contribution is -2.13. The van der Waals surface area contributed by atoms with Crippen molar-refractivity contribution in [2.75, 3.05) is 27.4 Å². The Kier molecular flexibility index (Phi) is 6.85. The fraction of sp³-hybridized carbons (Fsp3) is 0.833. The van der Waals surface area contributed by atoms with Crippen LogP contribution in [0.1, 0.15) is 27.7 Å². The molecule has 0 rings (SSSR count). The lowest BCUT2D eigenvalue weighted by atomic mass is 9.88. The number of rotatable bonds is 6. The second-order valence-electron chi connectivity index (χ2n) is 4.23. The molecule has 0 N–H and O–H groups in total. The molecule has 0 aliphatic carbocycles. The second kappa shape index (κ2) is 7.02. The first-order chi connectivity index (χ1) is 6.54. The number of methoxy groups -OCH3 is 2. The maximum atomic E-state index is 5.20. The van der Waals surface area contributed by atoms with Crippen LogP contribution in [0.4, 0.5) is 0 Å². The third kappa shape index (κ3) is 4.25. The Morgan fingerprint density at radius 1 is 0.857 bits per heavy atom. The highest BCUT2D eigenvalue weighted by molar-refractivity contribution is 5.19. The molecule has 0 atom stereocenters. The molecule has 0 fully saturated rings. The van der Waals surface area contributed by atoms with E-state index in [-0.39, 0.29) is 0 Å². The Balaban J connectivity index is 4.83. The third-order valence-corrected chi connectivity index (χ3v) is 2.29. The summed E-state index contributed by atoms with van der Waals surface area (Å²) < 4.78 is 10.4. The highest BCUT2D eigenvalue weighted by atomic mass is 16.5. The monoisotopic (exact) mass is 200 g/mol. The quantitative estimate of drug-likeness (QED) is 0.614. The summed E-state index contributed by atoms with van der Waals surface area (Å²) in [6.45, 7) is 10.3. The van der Waals surface area contributed by atoms with Gasteiger partial charge in [0.2, 0.25) is 0 Å². The van der Waals surface area contributed by atoms with E-state index in [2.05, 4.69) is 27.7 Å². The van der Waals surface area contributed by atoms with E-state index in [0.29, 0.717) is 25.0 Å². The van der Waals surface area contributed by atoms with Gasteiger partial charge in [0.25, 0.3) is 0 Å². The summed E-state index contributed by atoms with van der Waals surface area (Å²) >= 11 is 0. The van der Waals surface area contributed by atoms with Crippen molar-refractivity contribution in [2.45, 2.75) is 27.7 Å². The zero-order valence-electron chi connectivity index (χ0n) is 10.4. The molecule has 14 heavy (non-hydrogen) atoms. The predicted molar refractivity (Wildman–Crippen MR) is 60.5 cm³/mol. The summed E-state index contributed by atoms with van der Waals surface area (Å²) in [6, 6.07) is 0. The van der Waals surface area contributed by atoms with Gasteiger partial charge < -0.3 is 9.47 Å². The van der Waals surface area contributed by atoms with E-state index in [9.17, 15) is 0 Å². The molecule has 0 aromatic heterocycles. The van der Waals surface area contributed by atoms with Crippen LogP contribution < -0.4 is 0 Å². The maximum absolute atomic E-state index is 5.20. The van der Waals surface area contributed by atoms with Crippen LogP contribution in [0.15, 0.2) is 11.1 Å². The van der Waals surface area contributed by atoms with Crippen molar-refractivity contribution in [2.24, 2.45) is 11.8 Å². The van der Waals surface area contributed by atoms with E-state index in [1.807, 2.05) is 0 Å². The molecule has 0 bridgehead atoms. The van der Waals surface area contributed by atoms with E-state index in [0.717, 1.165) is 0 Å². The summed E-state index contributed by atoms with van der Waals surface area (Å²) in [5.41, 5.74) is 2.76. The number of hydrogen-bond acceptors (Lipinski definition) is 2. The fourth-order valence-electron chi connectivity index (χ4n) is 2.04. The van der Waals surface area contributed by atoms with E-state index < -0.39 is 0 Å². The van der Waals surface area contributed by atoms with Crippen LogP contribution in [-0.2, 0) is 9.47 Å². The first-order valence-corrected chi connectivity index (χ1v) is 5.24. The molecule has 0 radical (unpaired) electrons. The topological polar surface area (TPSA) is 18.5 Å². The van der Waals surface area contributed by atoms with E-state index >= 15 is 0 Å². The van der Waals surface area contributed by atoms with Gasteiger partial charge in [-0.1, -0.05) is 33.3 Å². The molecule has 2 heteroatoms. The Hall–Kier alpha value is -0.340. The predicted octanol–water partition coefficient (Wildman–Crippen LogP) is 2.89. The minimum absolute atomic E-state index is 0.565. The Morgan fingerprint density at radius 3 is 1.43 bits per heavy atom. The smallest absolute Gasteiger partial charge is 0.0698 e. The van der Waals surface area contributed by atoms with Crippen molar-refractivity contribution in [3.63, 3.8) is 0 Å². The standard InChI is InChI=1S/C12H24O2/c1-9(2)12(10(3)4)11(7-13-5)8-14-6/h9-10H,7-8H2,1-6H3. The van der Waals surface area contributed by atoms with Gasteiger partial charge >= 0.3 is 0 Å². The molecule has 0 aromatic carbocycles. The van der Waals surface area contributed by atoms with Gasteiger partial charge in [-0.3, -0.25) is 0 Å². The minimum atomic E-state index is 0.565. The zero-order chi connectivity index (χ0) is 11.1. The van der Waals surface area contributed by atoms with E-state index in [1.54, 1.807) is 14.2 Å². The van der Waals surface area contributed by atoms with Gasteiger partial charge in [-0.05, 0) is 17.4 Å². The van der Waals surface area contributed by atoms with Crippen molar-refractivity contribution in [3.8, 4) is 0 Å². The van der Waals surface area contributed by atoms with Crippen LogP contribution in [0.2, 0.25) is 0 Å². The summed E-state index contributed by atoms with van der Waals surface area (Å²) in [7, 11) is 3.46. The van der Waals surface area contributed by atoms with Crippen molar-refractivity contribution in [1.29, 1.82) is 0 Å². The van der Waals surface area contributed by atoms with Gasteiger partial charge in [-0.2, -0.15) is 0 Å². The molecule has 0 aromatic rings. The minimum Gasteiger partial charge on any atom is -0.380 e. The molecule has 0 aliphatic heterocycles. The van der Waals surface area contributed by atoms with Crippen LogP contribution >= 0.6 is 0 Å². The Morgan fingerprint density at radius 2 is 1.21 bits per heavy atom. The summed E-state index contributed by atoms with van der Waals surface area (Å²) in [5.74, 6) is 1.13. The molecule has 0 amide bonds. The average Bonchev–Trinajstić information content (AvgIpc) is 2.03. The molecular formula is C12H24O2. The number of hydrogen-bond donors (Lipinski definition) is 0. The first kappa shape index (κ1) is 13.7. The largest absolute Gasteiger partial charge is 0.380 e. The lowest BCUT2D eigenvalue weighted by Gasteiger charge is -2.21. The molecule has 0 unspecified atom stereocenters. The Labute approximate surface area is 88.3 Å². The van der Waals surface area contributed by atoms with Crippen molar-refractivity contribution >= 4 is 0 Å². The summed E-state index contributed by atoms with van der Waals surface area (Å²) in [4.78, 5) is 0. The zero-order valence-corrected chi connectivity index (χ0v) is 10.4. The third-order valence-electron chi connectivity index (χ3n) is 2.29. The Bertz CT molecular complexity index is 163. The van der Waals surface area contributed by atoms with Gasteiger partial charge in [0, 0.05) is 14.2 Å². The van der Waals surface area contributed by atoms with Gasteiger partial charge in [0.1, 0.15) is 0 Å². The van der Waals surface area contributed by atoms with Crippen molar-refractivity contribution in [3.05, 3.63) is 11.1 Å². The van der Waals surface area contributed by atoms with Crippen LogP contribution in [0.5, 0.6) is 0 Å². The van der Waals surface area contributed by atoms with Crippen molar-refractivity contribution in [1.82, 2.24) is 0 Å². The summed E-state index contributed by atoms with van der Waals surface area (Å²) in [6.07, 6.45) is 0. The fourth-order valence-corrected chi connectivity index (χ4v) is 2.04. The van der Waals surface area contributed by atoms with Crippen LogP contribution in [-0.4, -0.2) is 27.4 Å². The van der Waals surface area contributed by atoms with Crippen molar-refractivity contribution < 1.29 is 9.47 Å². The normalized spacial score (nSPS) is 11.1. The molecular weight excluding hydrogens is 176 g/mol. The number of allylic oxidation sites excluding steroid dienone is 1. The molecule has 0 heterocycles. The lowest BCUT2D eigenvalue weighted by molar-refractivity contribution is 0.178. The van der Waals surface area contributed by atoms with E-state index in [1.165, 1.54) is 11.1 Å². The van der Waals surface area contributed by atoms with Gasteiger partial charge in [0.05, 0.1) is 13.2 Å². The maximum Gasteiger partial charge on any atom is 0.0698 e. The highest BCUT2D eigenvalue weighted by Gasteiger charge is 2.14. The molecule has 0 saturated carbocycles. The van der Waals surface area contributed by atoms with Gasteiger partial charge in [0.15, 0.2) is 0 Å².